The summed E-state index contributed by atoms with van der Waals surface area (Å²) in [6.45, 7) is 9.34. The number of hydrogen-bond donors (Lipinski definition) is 1. The highest BCUT2D eigenvalue weighted by atomic mass is 35.5. The third-order valence-electron chi connectivity index (χ3n) is 14.1. The molecule has 3 aromatic carbocycles. The first-order valence-corrected chi connectivity index (χ1v) is 21.1. The number of nitrogens with one attached hydrogen (secondary N) is 1. The van der Waals surface area contributed by atoms with Gasteiger partial charge in [0.1, 0.15) is 17.6 Å². The topological polar surface area (TPSA) is 134 Å². The van der Waals surface area contributed by atoms with Gasteiger partial charge in [0.15, 0.2) is 0 Å². The lowest BCUT2D eigenvalue weighted by molar-refractivity contribution is -0.137. The molecule has 3 saturated heterocycles. The lowest BCUT2D eigenvalue weighted by Gasteiger charge is -2.38. The van der Waals surface area contributed by atoms with Gasteiger partial charge < -0.3 is 19.4 Å². The molecule has 300 valence electrons. The molecule has 13 heteroatoms. The summed E-state index contributed by atoms with van der Waals surface area (Å²) < 4.78 is 8.44. The second-order valence-corrected chi connectivity index (χ2v) is 18.1. The molecule has 4 aromatic rings. The maximum absolute atomic E-state index is 13.4. The number of halogens is 1. The third-order valence-corrected chi connectivity index (χ3v) is 14.4. The quantitative estimate of drug-likeness (QED) is 0.258. The summed E-state index contributed by atoms with van der Waals surface area (Å²) in [6, 6.07) is 15.5. The molecule has 6 aliphatic rings. The van der Waals surface area contributed by atoms with Gasteiger partial charge in [-0.25, -0.2) is 0 Å². The first-order chi connectivity index (χ1) is 27.9. The summed E-state index contributed by atoms with van der Waals surface area (Å²) in [5.74, 6) is 1.22. The molecule has 1 aromatic heterocycles. The van der Waals surface area contributed by atoms with Crippen molar-refractivity contribution in [2.75, 3.05) is 39.3 Å². The Bertz CT molecular complexity index is 2500. The fourth-order valence-corrected chi connectivity index (χ4v) is 10.9. The Morgan fingerprint density at radius 2 is 1.76 bits per heavy atom. The second-order valence-electron chi connectivity index (χ2n) is 17.6. The van der Waals surface area contributed by atoms with Gasteiger partial charge in [0.05, 0.1) is 40.2 Å². The van der Waals surface area contributed by atoms with Crippen molar-refractivity contribution < 1.29 is 23.9 Å². The van der Waals surface area contributed by atoms with Crippen molar-refractivity contribution in [3.05, 3.63) is 97.5 Å². The minimum absolute atomic E-state index is 0.108. The molecule has 0 saturated carbocycles. The summed E-state index contributed by atoms with van der Waals surface area (Å²) in [5.41, 5.74) is 5.96. The number of piperidine rings is 3. The van der Waals surface area contributed by atoms with E-state index in [4.69, 9.17) is 16.3 Å². The van der Waals surface area contributed by atoms with Gasteiger partial charge in [0.2, 0.25) is 17.7 Å². The van der Waals surface area contributed by atoms with Crippen LogP contribution in [0.3, 0.4) is 0 Å². The molecule has 0 bridgehead atoms. The number of imide groups is 1. The van der Waals surface area contributed by atoms with Gasteiger partial charge >= 0.3 is 0 Å². The van der Waals surface area contributed by atoms with Gasteiger partial charge in [-0.1, -0.05) is 35.9 Å². The Labute approximate surface area is 341 Å². The second kappa shape index (κ2) is 13.8. The van der Waals surface area contributed by atoms with E-state index in [-0.39, 0.29) is 35.1 Å². The van der Waals surface area contributed by atoms with E-state index in [1.54, 1.807) is 11.0 Å². The maximum Gasteiger partial charge on any atom is 0.282 e. The smallest absolute Gasteiger partial charge is 0.282 e. The van der Waals surface area contributed by atoms with E-state index in [2.05, 4.69) is 51.8 Å². The predicted octanol–water partition coefficient (Wildman–Crippen LogP) is 5.35. The molecular formula is C45H47ClN6O6. The van der Waals surface area contributed by atoms with Gasteiger partial charge in [-0.3, -0.25) is 33.9 Å². The SMILES string of the molecule is CC1(C)c2cc(C3CCN(C(=O)CCCN4CCC5(CC4)COc4c5ccc5c4CN([C@H]4CCC(=O)NC4=O)C5=O)CC3)ccc2-n2c1nc(=O)c1c(Cl)cccc12. The number of fused-ring (bicyclic) bond motifs is 9. The van der Waals surface area contributed by atoms with Gasteiger partial charge in [-0.2, -0.15) is 4.98 Å². The zero-order valence-corrected chi connectivity index (χ0v) is 33.7. The van der Waals surface area contributed by atoms with Gasteiger partial charge in [-0.05, 0) is 113 Å². The van der Waals surface area contributed by atoms with Crippen LogP contribution in [0.1, 0.15) is 110 Å². The van der Waals surface area contributed by atoms with E-state index >= 15 is 0 Å². The van der Waals surface area contributed by atoms with Gasteiger partial charge in [0.25, 0.3) is 11.5 Å². The highest BCUT2D eigenvalue weighted by Gasteiger charge is 2.48. The van der Waals surface area contributed by atoms with Crippen LogP contribution in [0, 0.1) is 0 Å². The Hall–Kier alpha value is -5.07. The van der Waals surface area contributed by atoms with E-state index in [1.807, 2.05) is 29.2 Å². The van der Waals surface area contributed by atoms with Crippen LogP contribution < -0.4 is 15.6 Å². The van der Waals surface area contributed by atoms with Crippen molar-refractivity contribution >= 4 is 46.1 Å². The summed E-state index contributed by atoms with van der Waals surface area (Å²) in [7, 11) is 0. The molecule has 4 amide bonds. The minimum Gasteiger partial charge on any atom is -0.492 e. The molecule has 0 radical (unpaired) electrons. The van der Waals surface area contributed by atoms with E-state index in [0.29, 0.717) is 47.9 Å². The largest absolute Gasteiger partial charge is 0.492 e. The van der Waals surface area contributed by atoms with Crippen molar-refractivity contribution in [2.24, 2.45) is 0 Å². The van der Waals surface area contributed by atoms with E-state index in [1.165, 1.54) is 5.56 Å². The molecule has 0 unspecified atom stereocenters. The Kier molecular flexibility index (Phi) is 8.83. The molecule has 1 N–H and O–H groups in total. The minimum atomic E-state index is -0.648. The molecule has 12 nitrogen and oxygen atoms in total. The van der Waals surface area contributed by atoms with Crippen LogP contribution in [-0.2, 0) is 31.8 Å². The zero-order valence-electron chi connectivity index (χ0n) is 32.9. The fraction of sp³-hybridized carbons (Fsp3) is 0.467. The van der Waals surface area contributed by atoms with E-state index in [0.717, 1.165) is 104 Å². The highest BCUT2D eigenvalue weighted by Crippen LogP contribution is 2.50. The maximum atomic E-state index is 13.4. The number of rotatable bonds is 6. The molecule has 10 rings (SSSR count). The van der Waals surface area contributed by atoms with Crippen LogP contribution in [0.25, 0.3) is 16.6 Å². The number of ether oxygens (including phenoxy) is 1. The predicted molar refractivity (Wildman–Crippen MR) is 218 cm³/mol. The van der Waals surface area contributed by atoms with Crippen molar-refractivity contribution in [1.29, 1.82) is 0 Å². The van der Waals surface area contributed by atoms with Crippen LogP contribution in [0.15, 0.2) is 53.3 Å². The summed E-state index contributed by atoms with van der Waals surface area (Å²) >= 11 is 6.45. The van der Waals surface area contributed by atoms with Crippen molar-refractivity contribution in [3.8, 4) is 11.4 Å². The normalized spacial score (nSPS) is 22.2. The summed E-state index contributed by atoms with van der Waals surface area (Å²) in [4.78, 5) is 74.7. The Morgan fingerprint density at radius 1 is 0.966 bits per heavy atom. The average molecular weight is 803 g/mol. The molecule has 0 aliphatic carbocycles. The van der Waals surface area contributed by atoms with Gasteiger partial charge in [-0.15, -0.1) is 0 Å². The fourth-order valence-electron chi connectivity index (χ4n) is 10.7. The highest BCUT2D eigenvalue weighted by molar-refractivity contribution is 6.35. The summed E-state index contributed by atoms with van der Waals surface area (Å²) in [6.07, 6.45) is 5.63. The number of nitrogens with zero attached hydrogens (tertiary/aromatic N) is 5. The standard InChI is InChI=1S/C45H47ClN6O6/c1-44(2)31-23-27(8-11-33(31)52-34-6-3-5-32(46)38(34)41(56)48-43(44)52)26-14-19-50(20-15-26)37(54)7-4-18-49-21-16-45(17-22-49)25-58-39-29-24-51(35-12-13-36(53)47-40(35)55)42(57)28(29)9-10-30(39)45/h3,5-6,8-11,23,26,35H,4,7,12-22,24-25H2,1-2H3,(H,47,53,55)/t35-/m0/s1. The molecule has 7 heterocycles. The van der Waals surface area contributed by atoms with Crippen molar-refractivity contribution in [1.82, 2.24) is 29.6 Å². The summed E-state index contributed by atoms with van der Waals surface area (Å²) in [5, 5.41) is 3.23. The number of carbonyl (C=O) groups excluding carboxylic acids is 4. The van der Waals surface area contributed by atoms with Crippen LogP contribution in [0.2, 0.25) is 5.02 Å². The van der Waals surface area contributed by atoms with Gasteiger partial charge in [0, 0.05) is 48.0 Å². The molecule has 58 heavy (non-hydrogen) atoms. The van der Waals surface area contributed by atoms with Crippen LogP contribution in [0.5, 0.6) is 5.75 Å². The first-order valence-electron chi connectivity index (χ1n) is 20.7. The number of amides is 4. The first kappa shape index (κ1) is 37.2. The number of benzene rings is 3. The third kappa shape index (κ3) is 5.80. The molecule has 1 spiro atoms. The van der Waals surface area contributed by atoms with E-state index < -0.39 is 17.4 Å². The number of carbonyl (C=O) groups is 4. The molecule has 1 atom stereocenters. The zero-order chi connectivity index (χ0) is 40.1. The van der Waals surface area contributed by atoms with Crippen LogP contribution in [-0.4, -0.2) is 93.3 Å². The molecular weight excluding hydrogens is 756 g/mol. The number of aromatic nitrogens is 2. The molecule has 3 fully saturated rings. The molecule has 6 aliphatic heterocycles. The van der Waals surface area contributed by atoms with Crippen LogP contribution >= 0.6 is 11.6 Å². The Morgan fingerprint density at radius 3 is 2.53 bits per heavy atom. The van der Waals surface area contributed by atoms with Crippen LogP contribution in [0.4, 0.5) is 0 Å². The Balaban J connectivity index is 0.722. The number of likely N-dealkylation sites (tertiary alicyclic amines) is 2. The lowest BCUT2D eigenvalue weighted by atomic mass is 9.74. The average Bonchev–Trinajstić information content (AvgIpc) is 3.82. The number of hydrogen-bond acceptors (Lipinski definition) is 8. The lowest BCUT2D eigenvalue weighted by Crippen LogP contribution is -2.52. The van der Waals surface area contributed by atoms with Crippen molar-refractivity contribution in [2.45, 2.75) is 94.5 Å². The van der Waals surface area contributed by atoms with Crippen molar-refractivity contribution in [3.63, 3.8) is 0 Å². The monoisotopic (exact) mass is 802 g/mol. The van der Waals surface area contributed by atoms with E-state index in [9.17, 15) is 24.0 Å².